The van der Waals surface area contributed by atoms with Gasteiger partial charge in [-0.25, -0.2) is 0 Å². The number of nitrogens with zero attached hydrogens (tertiary/aromatic N) is 3. The molecule has 0 unspecified atom stereocenters. The molecular weight excluding hydrogens is 409 g/mol. The van der Waals surface area contributed by atoms with Crippen LogP contribution >= 0.6 is 24.8 Å². The molecule has 1 amide bonds. The minimum Gasteiger partial charge on any atom is -0.303 e. The number of para-hydroxylation sites is 1. The van der Waals surface area contributed by atoms with Gasteiger partial charge in [-0.15, -0.1) is 24.8 Å². The molecule has 0 aliphatic carbocycles. The predicted molar refractivity (Wildman–Crippen MR) is 121 cm³/mol. The van der Waals surface area contributed by atoms with Crippen LogP contribution in [0.1, 0.15) is 15.9 Å². The Kier molecular flexibility index (Phi) is 8.65. The average molecular weight is 436 g/mol. The molecule has 2 aromatic carbocycles. The second-order valence-electron chi connectivity index (χ2n) is 7.22. The summed E-state index contributed by atoms with van der Waals surface area (Å²) < 4.78 is 0. The summed E-state index contributed by atoms with van der Waals surface area (Å²) >= 11 is 0. The summed E-state index contributed by atoms with van der Waals surface area (Å²) in [7, 11) is 0. The third kappa shape index (κ3) is 5.37. The normalized spacial score (nSPS) is 16.9. The minimum atomic E-state index is -0.391. The van der Waals surface area contributed by atoms with E-state index in [1.54, 1.807) is 11.0 Å². The van der Waals surface area contributed by atoms with Crippen molar-refractivity contribution in [2.45, 2.75) is 6.42 Å². The van der Waals surface area contributed by atoms with Crippen LogP contribution in [0.3, 0.4) is 0 Å². The molecule has 0 spiro atoms. The van der Waals surface area contributed by atoms with E-state index >= 15 is 0 Å². The summed E-state index contributed by atoms with van der Waals surface area (Å²) in [5.41, 5.74) is 2.68. The van der Waals surface area contributed by atoms with Gasteiger partial charge in [0, 0.05) is 45.8 Å². The Morgan fingerprint density at radius 3 is 1.97 bits per heavy atom. The molecule has 2 aliphatic rings. The molecule has 1 fully saturated rings. The number of rotatable bonds is 6. The van der Waals surface area contributed by atoms with Crippen molar-refractivity contribution in [3.05, 3.63) is 65.7 Å². The van der Waals surface area contributed by atoms with Gasteiger partial charge in [-0.05, 0) is 24.1 Å². The highest BCUT2D eigenvalue weighted by molar-refractivity contribution is 6.52. The van der Waals surface area contributed by atoms with Crippen LogP contribution in [0.15, 0.2) is 54.6 Å². The highest BCUT2D eigenvalue weighted by Gasteiger charge is 2.35. The van der Waals surface area contributed by atoms with Gasteiger partial charge >= 0.3 is 0 Å². The van der Waals surface area contributed by atoms with E-state index < -0.39 is 5.91 Å². The molecule has 0 atom stereocenters. The fraction of sp³-hybridized carbons (Fsp3) is 0.364. The number of carbonyl (C=O) groups is 2. The Balaban J connectivity index is 0.00000150. The fourth-order valence-electron chi connectivity index (χ4n) is 3.88. The van der Waals surface area contributed by atoms with Crippen molar-refractivity contribution in [2.75, 3.05) is 50.7 Å². The van der Waals surface area contributed by atoms with Gasteiger partial charge in [0.25, 0.3) is 11.7 Å². The predicted octanol–water partition coefficient (Wildman–Crippen LogP) is 2.92. The van der Waals surface area contributed by atoms with Crippen LogP contribution in [0, 0.1) is 0 Å². The van der Waals surface area contributed by atoms with Crippen LogP contribution in [0.25, 0.3) is 0 Å². The van der Waals surface area contributed by atoms with Crippen LogP contribution in [-0.4, -0.2) is 67.3 Å². The molecule has 0 radical (unpaired) electrons. The zero-order valence-electron chi connectivity index (χ0n) is 16.3. The first kappa shape index (κ1) is 23.4. The van der Waals surface area contributed by atoms with Gasteiger partial charge in [0.2, 0.25) is 0 Å². The molecule has 2 heterocycles. The zero-order chi connectivity index (χ0) is 18.6. The molecule has 156 valence electrons. The van der Waals surface area contributed by atoms with E-state index in [2.05, 4.69) is 40.1 Å². The van der Waals surface area contributed by atoms with Crippen molar-refractivity contribution in [1.82, 2.24) is 9.80 Å². The lowest BCUT2D eigenvalue weighted by Gasteiger charge is -2.35. The smallest absolute Gasteiger partial charge is 0.299 e. The highest BCUT2D eigenvalue weighted by atomic mass is 35.5. The van der Waals surface area contributed by atoms with Crippen molar-refractivity contribution in [1.29, 1.82) is 0 Å². The molecule has 1 saturated heterocycles. The lowest BCUT2D eigenvalue weighted by atomic mass is 10.1. The maximum Gasteiger partial charge on any atom is 0.299 e. The molecule has 2 aromatic rings. The summed E-state index contributed by atoms with van der Waals surface area (Å²) in [6.07, 6.45) is 1.09. The number of hydrogen-bond acceptors (Lipinski definition) is 4. The molecular formula is C22H27Cl2N3O2. The third-order valence-corrected chi connectivity index (χ3v) is 5.54. The number of hydrogen-bond donors (Lipinski definition) is 0. The molecule has 5 nitrogen and oxygen atoms in total. The molecule has 2 aliphatic heterocycles. The average Bonchev–Trinajstić information content (AvgIpc) is 2.97. The topological polar surface area (TPSA) is 43.9 Å². The summed E-state index contributed by atoms with van der Waals surface area (Å²) in [6, 6.07) is 17.9. The lowest BCUT2D eigenvalue weighted by molar-refractivity contribution is -0.114. The van der Waals surface area contributed by atoms with Crippen molar-refractivity contribution in [3.8, 4) is 0 Å². The van der Waals surface area contributed by atoms with Gasteiger partial charge in [-0.3, -0.25) is 14.5 Å². The van der Waals surface area contributed by atoms with E-state index in [1.165, 1.54) is 5.56 Å². The van der Waals surface area contributed by atoms with E-state index in [1.807, 2.05) is 18.2 Å². The van der Waals surface area contributed by atoms with Crippen molar-refractivity contribution < 1.29 is 9.59 Å². The van der Waals surface area contributed by atoms with Crippen molar-refractivity contribution in [2.24, 2.45) is 0 Å². The number of benzene rings is 2. The summed E-state index contributed by atoms with van der Waals surface area (Å²) in [5.74, 6) is -0.769. The van der Waals surface area contributed by atoms with Crippen LogP contribution < -0.4 is 4.90 Å². The monoisotopic (exact) mass is 435 g/mol. The first-order valence-corrected chi connectivity index (χ1v) is 9.66. The molecule has 0 saturated carbocycles. The first-order valence-electron chi connectivity index (χ1n) is 9.66. The van der Waals surface area contributed by atoms with Crippen molar-refractivity contribution >= 4 is 42.2 Å². The lowest BCUT2D eigenvalue weighted by Crippen LogP contribution is -2.49. The summed E-state index contributed by atoms with van der Waals surface area (Å²) in [6.45, 7) is 6.58. The number of amides is 1. The number of anilines is 1. The Morgan fingerprint density at radius 1 is 0.690 bits per heavy atom. The molecule has 0 bridgehead atoms. The molecule has 7 heteroatoms. The summed E-state index contributed by atoms with van der Waals surface area (Å²) in [4.78, 5) is 30.9. The minimum absolute atomic E-state index is 0. The Bertz CT molecular complexity index is 824. The number of halogens is 2. The second kappa shape index (κ2) is 10.7. The SMILES string of the molecule is Cl.Cl.O=C1C(=O)N(CCN2CCN(CCc3ccccc3)CC2)c2ccccc21. The number of piperazine rings is 1. The van der Waals surface area contributed by atoms with E-state index in [0.29, 0.717) is 12.1 Å². The van der Waals surface area contributed by atoms with Gasteiger partial charge in [0.05, 0.1) is 11.3 Å². The third-order valence-electron chi connectivity index (χ3n) is 5.54. The van der Waals surface area contributed by atoms with Gasteiger partial charge < -0.3 is 9.80 Å². The fourth-order valence-corrected chi connectivity index (χ4v) is 3.88. The number of ketones is 1. The van der Waals surface area contributed by atoms with E-state index in [9.17, 15) is 9.59 Å². The Hall–Kier alpha value is -1.92. The van der Waals surface area contributed by atoms with Gasteiger partial charge in [-0.2, -0.15) is 0 Å². The van der Waals surface area contributed by atoms with Crippen LogP contribution in [0.4, 0.5) is 5.69 Å². The standard InChI is InChI=1S/C22H25N3O2.2ClH/c26-21-19-8-4-5-9-20(19)25(22(21)27)17-16-24-14-12-23(13-15-24)11-10-18-6-2-1-3-7-18;;/h1-9H,10-17H2;2*1H. The van der Waals surface area contributed by atoms with Crippen LogP contribution in [-0.2, 0) is 11.2 Å². The molecule has 0 aromatic heterocycles. The van der Waals surface area contributed by atoms with E-state index in [0.717, 1.165) is 51.4 Å². The maximum absolute atomic E-state index is 12.3. The highest BCUT2D eigenvalue weighted by Crippen LogP contribution is 2.28. The van der Waals surface area contributed by atoms with E-state index in [4.69, 9.17) is 0 Å². The second-order valence-corrected chi connectivity index (χ2v) is 7.22. The first-order chi connectivity index (χ1) is 13.2. The van der Waals surface area contributed by atoms with Gasteiger partial charge in [0.1, 0.15) is 0 Å². The van der Waals surface area contributed by atoms with Gasteiger partial charge in [-0.1, -0.05) is 42.5 Å². The van der Waals surface area contributed by atoms with Gasteiger partial charge in [0.15, 0.2) is 0 Å². The molecule has 29 heavy (non-hydrogen) atoms. The summed E-state index contributed by atoms with van der Waals surface area (Å²) in [5, 5.41) is 0. The zero-order valence-corrected chi connectivity index (χ0v) is 18.0. The van der Waals surface area contributed by atoms with E-state index in [-0.39, 0.29) is 30.6 Å². The Labute approximate surface area is 184 Å². The number of fused-ring (bicyclic) bond motifs is 1. The molecule has 0 N–H and O–H groups in total. The Morgan fingerprint density at radius 2 is 1.28 bits per heavy atom. The van der Waals surface area contributed by atoms with Crippen LogP contribution in [0.2, 0.25) is 0 Å². The maximum atomic E-state index is 12.3. The largest absolute Gasteiger partial charge is 0.303 e. The number of Topliss-reactive ketones (excluding diaryl/α,β-unsaturated/α-hetero) is 1. The van der Waals surface area contributed by atoms with Crippen LogP contribution in [0.5, 0.6) is 0 Å². The van der Waals surface area contributed by atoms with Crippen molar-refractivity contribution in [3.63, 3.8) is 0 Å². The molecule has 4 rings (SSSR count). The quantitative estimate of drug-likeness (QED) is 0.654. The number of carbonyl (C=O) groups excluding carboxylic acids is 2.